The number of hydrogen-bond acceptors (Lipinski definition) is 1. The van der Waals surface area contributed by atoms with Gasteiger partial charge in [0.05, 0.1) is 0 Å². The molecule has 0 aliphatic heterocycles. The molecule has 0 aromatic carbocycles. The Kier molecular flexibility index (Phi) is 6.19. The number of hydrogen-bond donors (Lipinski definition) is 1. The summed E-state index contributed by atoms with van der Waals surface area (Å²) in [6, 6.07) is 0. The molecule has 0 heterocycles. The van der Waals surface area contributed by atoms with Crippen molar-refractivity contribution in [1.29, 1.82) is 0 Å². The van der Waals surface area contributed by atoms with Gasteiger partial charge in [-0.3, -0.25) is 0 Å². The zero-order chi connectivity index (χ0) is 7.82. The van der Waals surface area contributed by atoms with Crippen LogP contribution in [0.2, 0.25) is 0 Å². The minimum Gasteiger partial charge on any atom is -0.396 e. The molecule has 0 amide bonds. The van der Waals surface area contributed by atoms with Crippen molar-refractivity contribution in [3.05, 3.63) is 24.3 Å². The molecule has 0 saturated carbocycles. The maximum Gasteiger partial charge on any atom is 0.0433 e. The topological polar surface area (TPSA) is 20.2 Å². The Hall–Kier alpha value is -0.560. The van der Waals surface area contributed by atoms with Gasteiger partial charge in [0.1, 0.15) is 0 Å². The van der Waals surface area contributed by atoms with Crippen LogP contribution in [0, 0.1) is 0 Å². The maximum absolute atomic E-state index is 8.42. The van der Waals surface area contributed by atoms with E-state index in [-0.39, 0.29) is 6.61 Å². The minimum atomic E-state index is 0.289. The van der Waals surface area contributed by atoms with Crippen molar-refractivity contribution in [2.75, 3.05) is 6.61 Å². The normalized spacial score (nSPS) is 10.6. The fourth-order valence-corrected chi connectivity index (χ4v) is 0.612. The van der Waals surface area contributed by atoms with Crippen LogP contribution in [0.3, 0.4) is 0 Å². The summed E-state index contributed by atoms with van der Waals surface area (Å²) in [6.07, 6.45) is 6.99. The monoisotopic (exact) mass is 140 g/mol. The third kappa shape index (κ3) is 7.44. The average molecular weight is 140 g/mol. The van der Waals surface area contributed by atoms with E-state index in [1.165, 1.54) is 5.57 Å². The van der Waals surface area contributed by atoms with Crippen LogP contribution in [0.4, 0.5) is 0 Å². The van der Waals surface area contributed by atoms with Crippen LogP contribution in [-0.4, -0.2) is 11.7 Å². The fourth-order valence-electron chi connectivity index (χ4n) is 0.612. The van der Waals surface area contributed by atoms with Crippen LogP contribution in [-0.2, 0) is 0 Å². The molecule has 0 aromatic rings. The molecule has 1 heteroatoms. The second-order valence-electron chi connectivity index (χ2n) is 2.50. The predicted molar refractivity (Wildman–Crippen MR) is 44.9 cm³/mol. The second kappa shape index (κ2) is 6.56. The summed E-state index contributed by atoms with van der Waals surface area (Å²) in [4.78, 5) is 0. The van der Waals surface area contributed by atoms with Gasteiger partial charge in [-0.05, 0) is 26.2 Å². The molecule has 0 fully saturated rings. The molecule has 58 valence electrons. The third-order valence-electron chi connectivity index (χ3n) is 1.16. The molecule has 0 bridgehead atoms. The Morgan fingerprint density at radius 2 is 2.20 bits per heavy atom. The maximum atomic E-state index is 8.42. The summed E-state index contributed by atoms with van der Waals surface area (Å²) >= 11 is 0. The Bertz CT molecular complexity index is 114. The SMILES string of the molecule is C=C(C)C/C=C\CCCO. The van der Waals surface area contributed by atoms with Crippen molar-refractivity contribution in [2.24, 2.45) is 0 Å². The molecule has 0 aliphatic rings. The van der Waals surface area contributed by atoms with Crippen LogP contribution in [0.15, 0.2) is 24.3 Å². The van der Waals surface area contributed by atoms with E-state index in [9.17, 15) is 0 Å². The average Bonchev–Trinajstić information content (AvgIpc) is 1.87. The van der Waals surface area contributed by atoms with Gasteiger partial charge in [0.25, 0.3) is 0 Å². The molecular weight excluding hydrogens is 124 g/mol. The number of allylic oxidation sites excluding steroid dienone is 3. The zero-order valence-corrected chi connectivity index (χ0v) is 6.64. The molecule has 1 nitrogen and oxygen atoms in total. The van der Waals surface area contributed by atoms with Crippen molar-refractivity contribution in [3.63, 3.8) is 0 Å². The quantitative estimate of drug-likeness (QED) is 0.459. The van der Waals surface area contributed by atoms with Crippen LogP contribution in [0.1, 0.15) is 26.2 Å². The van der Waals surface area contributed by atoms with E-state index in [1.807, 2.05) is 6.92 Å². The van der Waals surface area contributed by atoms with Crippen LogP contribution < -0.4 is 0 Å². The first-order valence-electron chi connectivity index (χ1n) is 3.67. The Labute approximate surface area is 63.1 Å². The molecule has 10 heavy (non-hydrogen) atoms. The van der Waals surface area contributed by atoms with Crippen LogP contribution in [0.5, 0.6) is 0 Å². The van der Waals surface area contributed by atoms with E-state index in [0.29, 0.717) is 0 Å². The third-order valence-corrected chi connectivity index (χ3v) is 1.16. The summed E-state index contributed by atoms with van der Waals surface area (Å²) in [6.45, 7) is 6.07. The van der Waals surface area contributed by atoms with E-state index in [4.69, 9.17) is 5.11 Å². The summed E-state index contributed by atoms with van der Waals surface area (Å²) in [7, 11) is 0. The summed E-state index contributed by atoms with van der Waals surface area (Å²) in [5.74, 6) is 0. The highest BCUT2D eigenvalue weighted by Crippen LogP contribution is 1.98. The minimum absolute atomic E-state index is 0.289. The fraction of sp³-hybridized carbons (Fsp3) is 0.556. The molecular formula is C9H16O. The van der Waals surface area contributed by atoms with Gasteiger partial charge in [0.2, 0.25) is 0 Å². The van der Waals surface area contributed by atoms with E-state index in [0.717, 1.165) is 19.3 Å². The molecule has 0 unspecified atom stereocenters. The van der Waals surface area contributed by atoms with Crippen LogP contribution >= 0.6 is 0 Å². The number of rotatable bonds is 5. The Morgan fingerprint density at radius 3 is 2.70 bits per heavy atom. The van der Waals surface area contributed by atoms with Gasteiger partial charge in [-0.15, -0.1) is 0 Å². The lowest BCUT2D eigenvalue weighted by atomic mass is 10.2. The lowest BCUT2D eigenvalue weighted by molar-refractivity contribution is 0.289. The first kappa shape index (κ1) is 9.44. The van der Waals surface area contributed by atoms with Gasteiger partial charge in [-0.2, -0.15) is 0 Å². The van der Waals surface area contributed by atoms with Crippen molar-refractivity contribution in [2.45, 2.75) is 26.2 Å². The first-order chi connectivity index (χ1) is 4.77. The van der Waals surface area contributed by atoms with Gasteiger partial charge >= 0.3 is 0 Å². The number of aliphatic hydroxyl groups excluding tert-OH is 1. The Morgan fingerprint density at radius 1 is 1.50 bits per heavy atom. The van der Waals surface area contributed by atoms with Crippen molar-refractivity contribution in [1.82, 2.24) is 0 Å². The van der Waals surface area contributed by atoms with Gasteiger partial charge in [0.15, 0.2) is 0 Å². The first-order valence-corrected chi connectivity index (χ1v) is 3.67. The van der Waals surface area contributed by atoms with E-state index in [2.05, 4.69) is 18.7 Å². The molecule has 1 N–H and O–H groups in total. The van der Waals surface area contributed by atoms with Crippen molar-refractivity contribution < 1.29 is 5.11 Å². The highest BCUT2D eigenvalue weighted by atomic mass is 16.2. The van der Waals surface area contributed by atoms with Gasteiger partial charge in [0, 0.05) is 6.61 Å². The second-order valence-corrected chi connectivity index (χ2v) is 2.50. The number of unbranched alkanes of at least 4 members (excludes halogenated alkanes) is 1. The van der Waals surface area contributed by atoms with Gasteiger partial charge in [-0.1, -0.05) is 24.3 Å². The lowest BCUT2D eigenvalue weighted by Gasteiger charge is -1.89. The van der Waals surface area contributed by atoms with Crippen LogP contribution in [0.25, 0.3) is 0 Å². The van der Waals surface area contributed by atoms with Gasteiger partial charge in [-0.25, -0.2) is 0 Å². The van der Waals surface area contributed by atoms with Crippen molar-refractivity contribution in [3.8, 4) is 0 Å². The van der Waals surface area contributed by atoms with Gasteiger partial charge < -0.3 is 5.11 Å². The number of aliphatic hydroxyl groups is 1. The van der Waals surface area contributed by atoms with E-state index >= 15 is 0 Å². The molecule has 0 saturated heterocycles. The smallest absolute Gasteiger partial charge is 0.0433 e. The molecule has 0 radical (unpaired) electrons. The van der Waals surface area contributed by atoms with Crippen molar-refractivity contribution >= 4 is 0 Å². The standard InChI is InChI=1S/C9H16O/c1-9(2)7-5-3-4-6-8-10/h3,5,10H,1,4,6-8H2,2H3/b5-3-. The largest absolute Gasteiger partial charge is 0.396 e. The summed E-state index contributed by atoms with van der Waals surface area (Å²) in [5, 5.41) is 8.42. The molecule has 0 aromatic heterocycles. The highest BCUT2D eigenvalue weighted by molar-refractivity contribution is 4.98. The zero-order valence-electron chi connectivity index (χ0n) is 6.64. The molecule has 0 spiro atoms. The Balaban J connectivity index is 3.12. The summed E-state index contributed by atoms with van der Waals surface area (Å²) < 4.78 is 0. The van der Waals surface area contributed by atoms with E-state index in [1.54, 1.807) is 0 Å². The molecule has 0 rings (SSSR count). The molecule has 0 aliphatic carbocycles. The lowest BCUT2D eigenvalue weighted by Crippen LogP contribution is -1.78. The predicted octanol–water partition coefficient (Wildman–Crippen LogP) is 2.28. The highest BCUT2D eigenvalue weighted by Gasteiger charge is 1.79. The summed E-state index contributed by atoms with van der Waals surface area (Å²) in [5.41, 5.74) is 1.18. The molecule has 0 atom stereocenters. The van der Waals surface area contributed by atoms with E-state index < -0.39 is 0 Å².